The Balaban J connectivity index is 1.14. The summed E-state index contributed by atoms with van der Waals surface area (Å²) in [5, 5.41) is 11.1. The van der Waals surface area contributed by atoms with Crippen molar-refractivity contribution in [2.45, 2.75) is 32.1 Å². The van der Waals surface area contributed by atoms with E-state index in [2.05, 4.69) is 61.8 Å². The molecule has 4 aromatic rings. The summed E-state index contributed by atoms with van der Waals surface area (Å²) in [4.78, 5) is 27.6. The predicted molar refractivity (Wildman–Crippen MR) is 164 cm³/mol. The van der Waals surface area contributed by atoms with E-state index < -0.39 is 0 Å². The van der Waals surface area contributed by atoms with E-state index in [4.69, 9.17) is 9.72 Å². The number of likely N-dealkylation sites (N-methyl/N-ethyl adjacent to an activating group) is 1. The molecule has 7 rings (SSSR count). The van der Waals surface area contributed by atoms with Crippen molar-refractivity contribution in [3.63, 3.8) is 0 Å². The summed E-state index contributed by atoms with van der Waals surface area (Å²) in [5.41, 5.74) is 9.53. The van der Waals surface area contributed by atoms with Gasteiger partial charge in [-0.1, -0.05) is 6.07 Å². The van der Waals surface area contributed by atoms with Crippen LogP contribution in [0.25, 0.3) is 11.4 Å². The Hall–Kier alpha value is -4.44. The summed E-state index contributed by atoms with van der Waals surface area (Å²) in [7, 11) is 5.71. The molecule has 0 saturated carbocycles. The standard InChI is InChI=1S/C32H36N8O2/c1-38-13-15-40(16-14-38)24-10-12-26(27(18-24)42-3)35-32-33-19-22-8-11-25-29(37-39(2)30(25)28(22)36-32)31(41)34-23-9-7-20-5-4-6-21(20)17-23/h7,9-10,12,17-19H,4-6,8,11,13-16H2,1-3H3,(H,34,41)(H,33,35,36). The molecule has 2 aliphatic carbocycles. The zero-order chi connectivity index (χ0) is 28.8. The van der Waals surface area contributed by atoms with Crippen LogP contribution in [0.4, 0.5) is 23.0 Å². The summed E-state index contributed by atoms with van der Waals surface area (Å²) in [5.74, 6) is 1.02. The molecule has 0 bridgehead atoms. The number of nitrogens with zero attached hydrogens (tertiary/aromatic N) is 6. The zero-order valence-corrected chi connectivity index (χ0v) is 24.4. The van der Waals surface area contributed by atoms with Crippen molar-refractivity contribution in [1.82, 2.24) is 24.6 Å². The number of amides is 1. The number of aryl methyl sites for hydroxylation is 4. The van der Waals surface area contributed by atoms with Gasteiger partial charge in [0.2, 0.25) is 5.95 Å². The fourth-order valence-corrected chi connectivity index (χ4v) is 6.40. The Bertz CT molecular complexity index is 1670. The van der Waals surface area contributed by atoms with E-state index in [-0.39, 0.29) is 5.91 Å². The van der Waals surface area contributed by atoms with E-state index in [9.17, 15) is 4.79 Å². The van der Waals surface area contributed by atoms with Gasteiger partial charge < -0.3 is 25.2 Å². The molecule has 1 aliphatic heterocycles. The van der Waals surface area contributed by atoms with Gasteiger partial charge in [-0.05, 0) is 80.1 Å². The molecule has 2 aromatic heterocycles. The minimum Gasteiger partial charge on any atom is -0.494 e. The van der Waals surface area contributed by atoms with Crippen molar-refractivity contribution in [2.75, 3.05) is 55.9 Å². The third kappa shape index (κ3) is 4.85. The molecule has 10 heteroatoms. The number of methoxy groups -OCH3 is 1. The van der Waals surface area contributed by atoms with Crippen molar-refractivity contribution in [1.29, 1.82) is 0 Å². The van der Waals surface area contributed by atoms with Crippen molar-refractivity contribution in [3.05, 3.63) is 70.5 Å². The van der Waals surface area contributed by atoms with Gasteiger partial charge >= 0.3 is 0 Å². The number of ether oxygens (including phenoxy) is 1. The molecule has 2 aromatic carbocycles. The highest BCUT2D eigenvalue weighted by Gasteiger charge is 2.29. The van der Waals surface area contributed by atoms with Crippen molar-refractivity contribution in [3.8, 4) is 17.1 Å². The van der Waals surface area contributed by atoms with E-state index in [1.165, 1.54) is 17.5 Å². The number of hydrogen-bond donors (Lipinski definition) is 2. The molecule has 0 unspecified atom stereocenters. The van der Waals surface area contributed by atoms with Gasteiger partial charge in [0.1, 0.15) is 5.75 Å². The molecule has 216 valence electrons. The van der Waals surface area contributed by atoms with Crippen LogP contribution in [0.2, 0.25) is 0 Å². The highest BCUT2D eigenvalue weighted by atomic mass is 16.5. The summed E-state index contributed by atoms with van der Waals surface area (Å²) < 4.78 is 7.52. The van der Waals surface area contributed by atoms with Crippen LogP contribution in [-0.4, -0.2) is 70.9 Å². The number of benzene rings is 2. The van der Waals surface area contributed by atoms with Crippen LogP contribution in [0.15, 0.2) is 42.6 Å². The second kappa shape index (κ2) is 10.8. The molecule has 0 radical (unpaired) electrons. The number of carbonyl (C=O) groups excluding carboxylic acids is 1. The minimum atomic E-state index is -0.189. The number of rotatable bonds is 6. The predicted octanol–water partition coefficient (Wildman–Crippen LogP) is 4.22. The van der Waals surface area contributed by atoms with Gasteiger partial charge in [0.25, 0.3) is 5.91 Å². The van der Waals surface area contributed by atoms with Crippen LogP contribution in [0.1, 0.15) is 39.2 Å². The Morgan fingerprint density at radius 2 is 1.76 bits per heavy atom. The summed E-state index contributed by atoms with van der Waals surface area (Å²) >= 11 is 0. The lowest BCUT2D eigenvalue weighted by Crippen LogP contribution is -2.44. The first-order valence-electron chi connectivity index (χ1n) is 14.7. The highest BCUT2D eigenvalue weighted by molar-refractivity contribution is 6.05. The Kier molecular flexibility index (Phi) is 6.78. The summed E-state index contributed by atoms with van der Waals surface area (Å²) in [6.45, 7) is 4.05. The SMILES string of the molecule is COc1cc(N2CCN(C)CC2)ccc1Nc1ncc2c(n1)-c1c(c(C(=O)Nc3ccc4c(c3)CCC4)nn1C)CC2. The molecular weight excluding hydrogens is 528 g/mol. The quantitative estimate of drug-likeness (QED) is 0.359. The Labute approximate surface area is 245 Å². The second-order valence-corrected chi connectivity index (χ2v) is 11.5. The lowest BCUT2D eigenvalue weighted by atomic mass is 9.93. The zero-order valence-electron chi connectivity index (χ0n) is 24.4. The normalized spacial score (nSPS) is 16.0. The lowest BCUT2D eigenvalue weighted by molar-refractivity contribution is 0.102. The van der Waals surface area contributed by atoms with Gasteiger partial charge in [-0.25, -0.2) is 9.97 Å². The molecule has 10 nitrogen and oxygen atoms in total. The number of fused-ring (bicyclic) bond motifs is 4. The number of hydrogen-bond acceptors (Lipinski definition) is 8. The molecule has 1 saturated heterocycles. The minimum absolute atomic E-state index is 0.189. The van der Waals surface area contributed by atoms with E-state index in [0.717, 1.165) is 90.8 Å². The first-order chi connectivity index (χ1) is 20.5. The van der Waals surface area contributed by atoms with E-state index in [0.29, 0.717) is 18.1 Å². The summed E-state index contributed by atoms with van der Waals surface area (Å²) in [6.07, 6.45) is 6.68. The van der Waals surface area contributed by atoms with Crippen LogP contribution in [0, 0.1) is 0 Å². The van der Waals surface area contributed by atoms with Crippen LogP contribution < -0.4 is 20.3 Å². The first kappa shape index (κ1) is 26.5. The highest BCUT2D eigenvalue weighted by Crippen LogP contribution is 2.36. The maximum absolute atomic E-state index is 13.4. The third-order valence-electron chi connectivity index (χ3n) is 8.75. The van der Waals surface area contributed by atoms with E-state index >= 15 is 0 Å². The molecule has 0 atom stereocenters. The number of piperazine rings is 1. The monoisotopic (exact) mass is 564 g/mol. The number of aromatic nitrogens is 4. The van der Waals surface area contributed by atoms with Crippen molar-refractivity contribution >= 4 is 28.9 Å². The molecule has 1 amide bonds. The maximum Gasteiger partial charge on any atom is 0.276 e. The number of anilines is 4. The average Bonchev–Trinajstić information content (AvgIpc) is 3.61. The number of carbonyl (C=O) groups is 1. The van der Waals surface area contributed by atoms with Gasteiger partial charge in [-0.2, -0.15) is 5.10 Å². The average molecular weight is 565 g/mol. The van der Waals surface area contributed by atoms with Gasteiger partial charge in [-0.15, -0.1) is 0 Å². The van der Waals surface area contributed by atoms with Crippen LogP contribution in [0.3, 0.4) is 0 Å². The van der Waals surface area contributed by atoms with E-state index in [1.807, 2.05) is 25.4 Å². The maximum atomic E-state index is 13.4. The summed E-state index contributed by atoms with van der Waals surface area (Å²) in [6, 6.07) is 12.4. The van der Waals surface area contributed by atoms with Crippen molar-refractivity contribution < 1.29 is 9.53 Å². The molecule has 1 fully saturated rings. The Morgan fingerprint density at radius 3 is 2.60 bits per heavy atom. The fourth-order valence-electron chi connectivity index (χ4n) is 6.40. The molecule has 42 heavy (non-hydrogen) atoms. The third-order valence-corrected chi connectivity index (χ3v) is 8.75. The van der Waals surface area contributed by atoms with Gasteiger partial charge in [-0.3, -0.25) is 9.48 Å². The van der Waals surface area contributed by atoms with Gasteiger partial charge in [0, 0.05) is 62.4 Å². The molecule has 2 N–H and O–H groups in total. The largest absolute Gasteiger partial charge is 0.494 e. The first-order valence-corrected chi connectivity index (χ1v) is 14.7. The van der Waals surface area contributed by atoms with Crippen LogP contribution in [0.5, 0.6) is 5.75 Å². The number of nitrogens with one attached hydrogen (secondary N) is 2. The second-order valence-electron chi connectivity index (χ2n) is 11.5. The topological polar surface area (TPSA) is 100 Å². The lowest BCUT2D eigenvalue weighted by Gasteiger charge is -2.34. The molecule has 3 heterocycles. The van der Waals surface area contributed by atoms with Gasteiger partial charge in [0.05, 0.1) is 24.2 Å². The molecule has 0 spiro atoms. The Morgan fingerprint density at radius 1 is 0.929 bits per heavy atom. The van der Waals surface area contributed by atoms with Crippen LogP contribution in [-0.2, 0) is 32.7 Å². The fraction of sp³-hybridized carbons (Fsp3) is 0.375. The molecule has 3 aliphatic rings. The van der Waals surface area contributed by atoms with Gasteiger partial charge in [0.15, 0.2) is 5.69 Å². The smallest absolute Gasteiger partial charge is 0.276 e. The van der Waals surface area contributed by atoms with Crippen molar-refractivity contribution in [2.24, 2.45) is 7.05 Å². The van der Waals surface area contributed by atoms with E-state index in [1.54, 1.807) is 11.8 Å². The molecular formula is C32H36N8O2. The van der Waals surface area contributed by atoms with Crippen LogP contribution >= 0.6 is 0 Å².